The maximum absolute atomic E-state index is 14.7. The molecule has 2 aromatic carbocycles. The van der Waals surface area contributed by atoms with Crippen LogP contribution in [0.1, 0.15) is 12.0 Å². The van der Waals surface area contributed by atoms with Crippen molar-refractivity contribution in [3.05, 3.63) is 60.2 Å². The van der Waals surface area contributed by atoms with Gasteiger partial charge in [-0.3, -0.25) is 0 Å². The summed E-state index contributed by atoms with van der Waals surface area (Å²) in [6.45, 7) is 0. The Balaban J connectivity index is 1.98. The SMILES string of the molecule is FC(F)(F)C1(C(F)(F)F)C[C@]2(c3ccccc3)OC(C(F)(F)F)(C(F)(F)F)P3(Oc4ccccc4O3)(O1)O2. The number of halogens is 12. The first-order valence-corrected chi connectivity index (χ1v) is 12.0. The van der Waals surface area contributed by atoms with E-state index in [0.29, 0.717) is 24.3 Å². The van der Waals surface area contributed by atoms with Crippen molar-refractivity contribution in [1.82, 2.24) is 0 Å². The Hall–Kier alpha value is -2.49. The van der Waals surface area contributed by atoms with Gasteiger partial charge >= 0.3 is 203 Å². The van der Waals surface area contributed by atoms with Crippen LogP contribution in [0.5, 0.6) is 11.5 Å². The second kappa shape index (κ2) is 7.17. The first-order chi connectivity index (χ1) is 17.2. The average molecular weight is 590 g/mol. The summed E-state index contributed by atoms with van der Waals surface area (Å²) >= 11 is 0. The number of hydrogen-bond acceptors (Lipinski definition) is 5. The summed E-state index contributed by atoms with van der Waals surface area (Å²) in [6, 6.07) is 7.43. The molecule has 3 aliphatic heterocycles. The van der Waals surface area contributed by atoms with Crippen LogP contribution in [0, 0.1) is 0 Å². The molecular formula is C20H11F12O5P. The standard InChI is InChI=1S/C20H11F12O5P/c21-17(22,23)15(18(24,25)26)10-14(11-6-2-1-3-7-11)35-16(19(27,28)29,20(30,31)32)38(36-14,37-15)33-12-8-4-5-9-13(12)34-38/h1-9H,10H2/t14-/m0/s1. The van der Waals surface area contributed by atoms with Crippen LogP contribution < -0.4 is 9.05 Å². The summed E-state index contributed by atoms with van der Waals surface area (Å²) in [5.41, 5.74) is -6.80. The number of ether oxygens (including phenoxy) is 1. The third-order valence-corrected chi connectivity index (χ3v) is 10.1. The second-order valence-electron chi connectivity index (χ2n) is 8.48. The number of fused-ring (bicyclic) bond motifs is 2. The molecule has 0 aliphatic carbocycles. The van der Waals surface area contributed by atoms with Crippen molar-refractivity contribution in [2.75, 3.05) is 0 Å². The van der Waals surface area contributed by atoms with Gasteiger partial charge in [0, 0.05) is 0 Å². The van der Waals surface area contributed by atoms with Crippen molar-refractivity contribution < 1.29 is 75.5 Å². The van der Waals surface area contributed by atoms with E-state index in [1.807, 2.05) is 0 Å². The molecule has 0 amide bonds. The van der Waals surface area contributed by atoms with Crippen LogP contribution in [0.2, 0.25) is 0 Å². The molecular weight excluding hydrogens is 579 g/mol. The van der Waals surface area contributed by atoms with Gasteiger partial charge < -0.3 is 0 Å². The van der Waals surface area contributed by atoms with Crippen molar-refractivity contribution in [3.63, 3.8) is 0 Å². The molecule has 210 valence electrons. The third kappa shape index (κ3) is 3.01. The molecule has 2 aromatic rings. The topological polar surface area (TPSA) is 46.2 Å². The second-order valence-corrected chi connectivity index (χ2v) is 11.5. The van der Waals surface area contributed by atoms with E-state index in [1.54, 1.807) is 0 Å². The molecule has 1 spiro atoms. The Morgan fingerprint density at radius 2 is 1.03 bits per heavy atom. The van der Waals surface area contributed by atoms with Crippen molar-refractivity contribution in [2.24, 2.45) is 0 Å². The van der Waals surface area contributed by atoms with Gasteiger partial charge in [-0.2, -0.15) is 0 Å². The quantitative estimate of drug-likeness (QED) is 0.252. The van der Waals surface area contributed by atoms with Crippen LogP contribution >= 0.6 is 7.51 Å². The van der Waals surface area contributed by atoms with Gasteiger partial charge in [-0.1, -0.05) is 0 Å². The van der Waals surface area contributed by atoms with E-state index in [9.17, 15) is 52.7 Å². The summed E-state index contributed by atoms with van der Waals surface area (Å²) in [5, 5.41) is -6.10. The Labute approximate surface area is 203 Å². The molecule has 5 rings (SSSR count). The van der Waals surface area contributed by atoms with E-state index in [4.69, 9.17) is 13.6 Å². The Bertz CT molecular complexity index is 1220. The predicted octanol–water partition coefficient (Wildman–Crippen LogP) is 7.68. The van der Waals surface area contributed by atoms with E-state index in [1.165, 1.54) is 0 Å². The van der Waals surface area contributed by atoms with Crippen molar-refractivity contribution in [3.8, 4) is 11.5 Å². The first-order valence-electron chi connectivity index (χ1n) is 10.1. The zero-order chi connectivity index (χ0) is 28.3. The Morgan fingerprint density at radius 1 is 0.579 bits per heavy atom. The molecule has 2 saturated heterocycles. The van der Waals surface area contributed by atoms with E-state index in [2.05, 4.69) is 9.26 Å². The molecule has 2 fully saturated rings. The molecule has 0 N–H and O–H groups in total. The molecule has 5 nitrogen and oxygen atoms in total. The Kier molecular flexibility index (Phi) is 5.11. The van der Waals surface area contributed by atoms with Crippen LogP contribution in [-0.2, 0) is 19.6 Å². The maximum atomic E-state index is 14.7. The van der Waals surface area contributed by atoms with Crippen LogP contribution in [0.3, 0.4) is 0 Å². The van der Waals surface area contributed by atoms with Crippen molar-refractivity contribution in [1.29, 1.82) is 0 Å². The number of alkyl halides is 12. The summed E-state index contributed by atoms with van der Waals surface area (Å²) in [5.74, 6) is -6.23. The Morgan fingerprint density at radius 3 is 1.45 bits per heavy atom. The van der Waals surface area contributed by atoms with E-state index in [0.717, 1.165) is 30.3 Å². The molecule has 2 bridgehead atoms. The van der Waals surface area contributed by atoms with Gasteiger partial charge in [-0.25, -0.2) is 0 Å². The first kappa shape index (κ1) is 27.1. The average Bonchev–Trinajstić information content (AvgIpc) is 3.18. The number of rotatable bonds is 1. The van der Waals surface area contributed by atoms with Crippen molar-refractivity contribution >= 4 is 7.51 Å². The number of hydrogen-bond donors (Lipinski definition) is 0. The fourth-order valence-electron chi connectivity index (χ4n) is 4.65. The number of benzene rings is 2. The molecule has 3 heterocycles. The molecule has 18 heteroatoms. The molecule has 1 atom stereocenters. The minimum absolute atomic E-state index is 0.627. The molecule has 0 aromatic heterocycles. The van der Waals surface area contributed by atoms with Gasteiger partial charge in [0.1, 0.15) is 0 Å². The van der Waals surface area contributed by atoms with Gasteiger partial charge in [0.15, 0.2) is 0 Å². The van der Waals surface area contributed by atoms with E-state index >= 15 is 0 Å². The monoisotopic (exact) mass is 590 g/mol. The molecule has 0 radical (unpaired) electrons. The normalized spacial score (nSPS) is 28.1. The minimum atomic E-state index is -8.38. The van der Waals surface area contributed by atoms with Crippen LogP contribution in [0.4, 0.5) is 52.7 Å². The third-order valence-electron chi connectivity index (χ3n) is 6.19. The fourth-order valence-corrected chi connectivity index (χ4v) is 9.02. The molecule has 38 heavy (non-hydrogen) atoms. The fraction of sp³-hybridized carbons (Fsp3) is 0.400. The van der Waals surface area contributed by atoms with E-state index in [-0.39, 0.29) is 0 Å². The van der Waals surface area contributed by atoms with Crippen LogP contribution in [-0.4, -0.2) is 35.6 Å². The van der Waals surface area contributed by atoms with Gasteiger partial charge in [-0.15, -0.1) is 0 Å². The van der Waals surface area contributed by atoms with Gasteiger partial charge in [0.25, 0.3) is 0 Å². The summed E-state index contributed by atoms with van der Waals surface area (Å²) < 4.78 is 197. The molecule has 3 aliphatic rings. The number of para-hydroxylation sites is 2. The van der Waals surface area contributed by atoms with Gasteiger partial charge in [0.2, 0.25) is 0 Å². The predicted molar refractivity (Wildman–Crippen MR) is 100 cm³/mol. The van der Waals surface area contributed by atoms with Crippen molar-refractivity contribution in [2.45, 2.75) is 47.9 Å². The zero-order valence-electron chi connectivity index (χ0n) is 17.9. The molecule has 0 saturated carbocycles. The van der Waals surface area contributed by atoms with Crippen LogP contribution in [0.25, 0.3) is 0 Å². The van der Waals surface area contributed by atoms with E-state index < -0.39 is 72.4 Å². The summed E-state index contributed by atoms with van der Waals surface area (Å²) in [7, 11) is -8.38. The summed E-state index contributed by atoms with van der Waals surface area (Å²) in [4.78, 5) is 0. The van der Waals surface area contributed by atoms with Gasteiger partial charge in [0.05, 0.1) is 0 Å². The van der Waals surface area contributed by atoms with Gasteiger partial charge in [-0.05, 0) is 0 Å². The zero-order valence-corrected chi connectivity index (χ0v) is 18.8. The summed E-state index contributed by atoms with van der Waals surface area (Å²) in [6.07, 6.45) is -29.9. The van der Waals surface area contributed by atoms with Crippen LogP contribution in [0.15, 0.2) is 54.6 Å². The molecule has 0 unspecified atom stereocenters.